The van der Waals surface area contributed by atoms with Crippen molar-refractivity contribution >= 4 is 31.1 Å². The first-order valence-electron chi connectivity index (χ1n) is 5.97. The number of halogens is 6. The smallest absolute Gasteiger partial charge is 0.303 e. The van der Waals surface area contributed by atoms with Crippen LogP contribution < -0.4 is 0 Å². The summed E-state index contributed by atoms with van der Waals surface area (Å²) < 4.78 is 100. The second kappa shape index (κ2) is 7.54. The fourth-order valence-electron chi connectivity index (χ4n) is 1.12. The second-order valence-electron chi connectivity index (χ2n) is 3.88. The van der Waals surface area contributed by atoms with Crippen molar-refractivity contribution in [1.82, 2.24) is 0 Å². The fourth-order valence-corrected chi connectivity index (χ4v) is 8.89. The number of hydrogen-bond acceptors (Lipinski definition) is 6. The maximum atomic E-state index is 14.3. The summed E-state index contributed by atoms with van der Waals surface area (Å²) in [6, 6.07) is 0. The third-order valence-corrected chi connectivity index (χ3v) is 9.79. The fraction of sp³-hybridized carbons (Fsp3) is 1.00. The predicted molar refractivity (Wildman–Crippen MR) is 76.5 cm³/mol. The van der Waals surface area contributed by atoms with E-state index in [1.54, 1.807) is 0 Å². The minimum Gasteiger partial charge on any atom is -0.303 e. The average molecular weight is 412 g/mol. The van der Waals surface area contributed by atoms with E-state index in [-0.39, 0.29) is 12.8 Å². The molecule has 132 valence electrons. The lowest BCUT2D eigenvalue weighted by molar-refractivity contribution is 0.315. The van der Waals surface area contributed by atoms with Crippen molar-refractivity contribution in [2.75, 3.05) is 13.2 Å². The molecule has 16 heteroatoms. The highest BCUT2D eigenvalue weighted by Gasteiger charge is 2.40. The Morgan fingerprint density at radius 3 is 1.50 bits per heavy atom. The van der Waals surface area contributed by atoms with Gasteiger partial charge in [-0.2, -0.15) is 8.39 Å². The molecule has 0 aromatic rings. The molecule has 1 heterocycles. The summed E-state index contributed by atoms with van der Waals surface area (Å²) in [5, 5.41) is 0. The molecule has 0 aliphatic carbocycles. The molecule has 0 amide bonds. The van der Waals surface area contributed by atoms with Crippen molar-refractivity contribution in [1.29, 1.82) is 0 Å². The zero-order chi connectivity index (χ0) is 17.1. The van der Waals surface area contributed by atoms with E-state index >= 15 is 0 Å². The monoisotopic (exact) mass is 412 g/mol. The normalized spacial score (nSPS) is 33.5. The predicted octanol–water partition coefficient (Wildman–Crippen LogP) is 8.46. The topological polar surface area (TPSA) is 67.9 Å². The Morgan fingerprint density at radius 2 is 1.05 bits per heavy atom. The summed E-state index contributed by atoms with van der Waals surface area (Å²) in [6.07, 6.45) is 0.400. The largest absolute Gasteiger partial charge is 0.425 e. The zero-order valence-electron chi connectivity index (χ0n) is 11.5. The van der Waals surface area contributed by atoms with Crippen LogP contribution in [0, 0.1) is 0 Å². The molecule has 0 aromatic heterocycles. The van der Waals surface area contributed by atoms with Gasteiger partial charge < -0.3 is 9.05 Å². The molecule has 22 heavy (non-hydrogen) atoms. The maximum Gasteiger partial charge on any atom is 0.425 e. The van der Waals surface area contributed by atoms with E-state index < -0.39 is 44.4 Å². The van der Waals surface area contributed by atoms with Gasteiger partial charge in [-0.1, -0.05) is 13.8 Å². The quantitative estimate of drug-likeness (QED) is 0.324. The summed E-state index contributed by atoms with van der Waals surface area (Å²) in [5.74, 6) is 0. The van der Waals surface area contributed by atoms with E-state index in [4.69, 9.17) is 0 Å². The van der Waals surface area contributed by atoms with Gasteiger partial charge >= 0.3 is 31.1 Å². The van der Waals surface area contributed by atoms with Gasteiger partial charge in [-0.3, -0.25) is 0 Å². The van der Waals surface area contributed by atoms with Crippen LogP contribution in [0.2, 0.25) is 0 Å². The van der Waals surface area contributed by atoms with Crippen molar-refractivity contribution < 1.29 is 34.2 Å². The van der Waals surface area contributed by atoms with Crippen molar-refractivity contribution in [3.63, 3.8) is 0 Å². The van der Waals surface area contributed by atoms with Gasteiger partial charge in [0.05, 0.1) is 13.2 Å². The molecule has 0 fully saturated rings. The van der Waals surface area contributed by atoms with Gasteiger partial charge in [-0.25, -0.2) is 0 Å². The van der Waals surface area contributed by atoms with Crippen LogP contribution in [0.1, 0.15) is 26.7 Å². The molecule has 0 radical (unpaired) electrons. The molecule has 6 nitrogen and oxygen atoms in total. The molecule has 2 atom stereocenters. The first-order valence-corrected chi connectivity index (χ1v) is 11.9. The van der Waals surface area contributed by atoms with Crippen molar-refractivity contribution in [3.8, 4) is 0 Å². The lowest BCUT2D eigenvalue weighted by Gasteiger charge is -2.18. The maximum absolute atomic E-state index is 14.3. The molecule has 0 aromatic carbocycles. The lowest BCUT2D eigenvalue weighted by atomic mass is 10.5. The van der Waals surface area contributed by atoms with Gasteiger partial charge in [0, 0.05) is 0 Å². The first-order chi connectivity index (χ1) is 9.95. The molecular weight excluding hydrogens is 398 g/mol. The molecule has 0 spiro atoms. The molecular formula is C6H14F6N4O2P4. The minimum atomic E-state index is -6.07. The van der Waals surface area contributed by atoms with E-state index in [2.05, 4.69) is 22.6 Å². The first kappa shape index (κ1) is 20.5. The molecule has 0 bridgehead atoms. The SMILES string of the molecule is CCCOP1(F)=NP(F)(F)=NP(F)(F)=NP(F)(OCCC)=N1. The lowest BCUT2D eigenvalue weighted by Crippen LogP contribution is -1.90. The highest BCUT2D eigenvalue weighted by Crippen LogP contribution is 2.82. The van der Waals surface area contributed by atoms with E-state index in [1.807, 2.05) is 4.52 Å². The van der Waals surface area contributed by atoms with Crippen LogP contribution >= 0.6 is 31.1 Å². The van der Waals surface area contributed by atoms with Crippen molar-refractivity contribution in [3.05, 3.63) is 0 Å². The van der Waals surface area contributed by atoms with Gasteiger partial charge in [0.2, 0.25) is 0 Å². The standard InChI is InChI=1S/C6H14F6N4O2P4/c1-3-5-17-21(11)14-19(7,8)13-20(9,10)15-22(12,16-21)18-6-4-2/h3-6H2,1-2H3. The highest BCUT2D eigenvalue weighted by atomic mass is 31.3. The molecule has 0 N–H and O–H groups in total. The summed E-state index contributed by atoms with van der Waals surface area (Å²) in [4.78, 5) is 0. The Kier molecular flexibility index (Phi) is 7.01. The van der Waals surface area contributed by atoms with Gasteiger partial charge in [-0.05, 0) is 12.8 Å². The van der Waals surface area contributed by atoms with E-state index in [9.17, 15) is 25.2 Å². The van der Waals surface area contributed by atoms with Gasteiger partial charge in [0.25, 0.3) is 0 Å². The van der Waals surface area contributed by atoms with Crippen molar-refractivity contribution in [2.24, 2.45) is 18.1 Å². The highest BCUT2D eigenvalue weighted by molar-refractivity contribution is 7.77. The van der Waals surface area contributed by atoms with E-state index in [0.29, 0.717) is 0 Å². The number of hydrogen-bond donors (Lipinski definition) is 0. The second-order valence-corrected chi connectivity index (χ2v) is 11.0. The summed E-state index contributed by atoms with van der Waals surface area (Å²) >= 11 is 0. The molecule has 2 unspecified atom stereocenters. The average Bonchev–Trinajstić information content (AvgIpc) is 2.29. The Morgan fingerprint density at radius 1 is 0.636 bits per heavy atom. The van der Waals surface area contributed by atoms with Gasteiger partial charge in [-0.15, -0.1) is 34.8 Å². The molecule has 1 aliphatic rings. The third kappa shape index (κ3) is 6.50. The minimum absolute atomic E-state index is 0.200. The van der Waals surface area contributed by atoms with Crippen LogP contribution in [0.25, 0.3) is 0 Å². The van der Waals surface area contributed by atoms with Crippen LogP contribution in [0.15, 0.2) is 18.1 Å². The Labute approximate surface area is 124 Å². The van der Waals surface area contributed by atoms with Crippen LogP contribution in [0.4, 0.5) is 25.2 Å². The van der Waals surface area contributed by atoms with Crippen molar-refractivity contribution in [2.45, 2.75) is 26.7 Å². The van der Waals surface area contributed by atoms with Gasteiger partial charge in [0.15, 0.2) is 0 Å². The van der Waals surface area contributed by atoms with Crippen LogP contribution in [0.3, 0.4) is 0 Å². The Hall–Kier alpha value is 0.420. The van der Waals surface area contributed by atoms with Crippen LogP contribution in [0.5, 0.6) is 0 Å². The van der Waals surface area contributed by atoms with E-state index in [1.165, 1.54) is 13.8 Å². The van der Waals surface area contributed by atoms with Gasteiger partial charge in [0.1, 0.15) is 0 Å². The number of rotatable bonds is 6. The molecule has 1 rings (SSSR count). The van der Waals surface area contributed by atoms with Crippen LogP contribution in [-0.2, 0) is 9.05 Å². The molecule has 1 aliphatic heterocycles. The van der Waals surface area contributed by atoms with Crippen LogP contribution in [-0.4, -0.2) is 13.2 Å². The molecule has 0 saturated heterocycles. The molecule has 0 saturated carbocycles. The van der Waals surface area contributed by atoms with E-state index in [0.717, 1.165) is 0 Å². The Bertz CT molecular complexity index is 606. The Balaban J connectivity index is 3.53. The summed E-state index contributed by atoms with van der Waals surface area (Å²) in [5.41, 5.74) is 0. The summed E-state index contributed by atoms with van der Waals surface area (Å²) in [7, 11) is -22.5. The number of nitrogens with zero attached hydrogens (tertiary/aromatic N) is 4. The summed E-state index contributed by atoms with van der Waals surface area (Å²) in [6.45, 7) is 2.28. The third-order valence-electron chi connectivity index (χ3n) is 1.79. The zero-order valence-corrected chi connectivity index (χ0v) is 15.1.